The highest BCUT2D eigenvalue weighted by Crippen LogP contribution is 2.14. The minimum atomic E-state index is -3.15. The van der Waals surface area contributed by atoms with E-state index in [0.717, 1.165) is 11.3 Å². The fourth-order valence-electron chi connectivity index (χ4n) is 1.67. The summed E-state index contributed by atoms with van der Waals surface area (Å²) >= 11 is 0. The molecule has 0 saturated heterocycles. The topological polar surface area (TPSA) is 79.8 Å². The number of benzene rings is 1. The predicted molar refractivity (Wildman–Crippen MR) is 110 cm³/mol. The van der Waals surface area contributed by atoms with Crippen molar-refractivity contribution in [2.24, 2.45) is 4.99 Å². The highest BCUT2D eigenvalue weighted by Gasteiger charge is 2.30. The summed E-state index contributed by atoms with van der Waals surface area (Å²) in [7, 11) is -1.52. The molecule has 0 atom stereocenters. The third-order valence-electron chi connectivity index (χ3n) is 3.61. The van der Waals surface area contributed by atoms with E-state index in [-0.39, 0.29) is 24.0 Å². The summed E-state index contributed by atoms with van der Waals surface area (Å²) < 4.78 is 27.8. The zero-order chi connectivity index (χ0) is 17.5. The van der Waals surface area contributed by atoms with Crippen molar-refractivity contribution in [1.29, 1.82) is 0 Å². The van der Waals surface area contributed by atoms with E-state index in [1.807, 2.05) is 31.2 Å². The van der Waals surface area contributed by atoms with Crippen LogP contribution in [-0.4, -0.2) is 45.6 Å². The van der Waals surface area contributed by atoms with Gasteiger partial charge in [-0.05, 0) is 38.5 Å². The van der Waals surface area contributed by atoms with Crippen LogP contribution in [0.25, 0.3) is 0 Å². The number of guanidine groups is 1. The molecule has 24 heavy (non-hydrogen) atoms. The largest absolute Gasteiger partial charge is 0.497 e. The summed E-state index contributed by atoms with van der Waals surface area (Å²) in [4.78, 5) is 4.48. The number of aliphatic imine (C=N–C) groups is 1. The Bertz CT molecular complexity index is 628. The molecule has 0 radical (unpaired) electrons. The normalized spacial score (nSPS) is 12.3. The minimum Gasteiger partial charge on any atom is -0.497 e. The van der Waals surface area contributed by atoms with E-state index in [9.17, 15) is 8.42 Å². The number of halogens is 1. The summed E-state index contributed by atoms with van der Waals surface area (Å²) in [6.07, 6.45) is 1.25. The molecule has 0 spiro atoms. The number of rotatable bonds is 7. The molecule has 0 aromatic heterocycles. The lowest BCUT2D eigenvalue weighted by atomic mass is 10.2. The standard InChI is InChI=1S/C16H27N3O3S.HI/c1-6-17-15(19-12-16(2,3)23(5,20)21)18-11-13-7-9-14(22-4)10-8-13;/h7-10H,6,11-12H2,1-5H3,(H2,17,18,19);1H. The van der Waals surface area contributed by atoms with E-state index in [4.69, 9.17) is 4.74 Å². The summed E-state index contributed by atoms with van der Waals surface area (Å²) in [6, 6.07) is 7.68. The second-order valence-corrected chi connectivity index (χ2v) is 8.58. The lowest BCUT2D eigenvalue weighted by molar-refractivity contribution is 0.414. The van der Waals surface area contributed by atoms with Gasteiger partial charge in [-0.1, -0.05) is 12.1 Å². The monoisotopic (exact) mass is 469 g/mol. The van der Waals surface area contributed by atoms with Gasteiger partial charge in [0.05, 0.1) is 18.4 Å². The van der Waals surface area contributed by atoms with Crippen molar-refractivity contribution in [3.8, 4) is 5.75 Å². The van der Waals surface area contributed by atoms with Gasteiger partial charge in [-0.3, -0.25) is 0 Å². The number of sulfone groups is 1. The Morgan fingerprint density at radius 2 is 1.79 bits per heavy atom. The fourth-order valence-corrected chi connectivity index (χ4v) is 2.01. The molecule has 1 aromatic rings. The van der Waals surface area contributed by atoms with E-state index in [1.165, 1.54) is 6.26 Å². The quantitative estimate of drug-likeness (QED) is 0.364. The lowest BCUT2D eigenvalue weighted by Gasteiger charge is -2.24. The molecule has 138 valence electrons. The Morgan fingerprint density at radius 1 is 1.21 bits per heavy atom. The van der Waals surface area contributed by atoms with Crippen LogP contribution in [0.5, 0.6) is 5.75 Å². The lowest BCUT2D eigenvalue weighted by Crippen LogP contribution is -2.47. The Morgan fingerprint density at radius 3 is 2.25 bits per heavy atom. The number of ether oxygens (including phenoxy) is 1. The van der Waals surface area contributed by atoms with Crippen LogP contribution >= 0.6 is 24.0 Å². The Hall–Kier alpha value is -1.03. The van der Waals surface area contributed by atoms with Crippen molar-refractivity contribution in [2.75, 3.05) is 26.5 Å². The van der Waals surface area contributed by atoms with E-state index < -0.39 is 14.6 Å². The molecular formula is C16H28IN3O3S. The Balaban J connectivity index is 0.00000529. The first kappa shape index (κ1) is 23.0. The first-order valence-electron chi connectivity index (χ1n) is 7.54. The summed E-state index contributed by atoms with van der Waals surface area (Å²) in [5, 5.41) is 6.21. The molecule has 2 N–H and O–H groups in total. The number of hydrogen-bond donors (Lipinski definition) is 2. The minimum absolute atomic E-state index is 0. The Kier molecular flexibility index (Phi) is 9.64. The van der Waals surface area contributed by atoms with E-state index in [2.05, 4.69) is 15.6 Å². The number of nitrogens with zero attached hydrogens (tertiary/aromatic N) is 1. The van der Waals surface area contributed by atoms with Gasteiger partial charge in [0.1, 0.15) is 5.75 Å². The summed E-state index contributed by atoms with van der Waals surface area (Å²) in [6.45, 7) is 6.85. The van der Waals surface area contributed by atoms with Gasteiger partial charge in [0.2, 0.25) is 0 Å². The highest BCUT2D eigenvalue weighted by molar-refractivity contribution is 14.0. The molecule has 0 heterocycles. The summed E-state index contributed by atoms with van der Waals surface area (Å²) in [5.41, 5.74) is 1.05. The van der Waals surface area contributed by atoms with Crippen LogP contribution in [0.2, 0.25) is 0 Å². The van der Waals surface area contributed by atoms with Gasteiger partial charge in [-0.25, -0.2) is 13.4 Å². The number of methoxy groups -OCH3 is 1. The van der Waals surface area contributed by atoms with Crippen molar-refractivity contribution in [2.45, 2.75) is 32.1 Å². The van der Waals surface area contributed by atoms with Gasteiger partial charge >= 0.3 is 0 Å². The van der Waals surface area contributed by atoms with Gasteiger partial charge in [0.15, 0.2) is 15.8 Å². The second-order valence-electron chi connectivity index (χ2n) is 5.93. The maximum Gasteiger partial charge on any atom is 0.191 e. The molecule has 1 aromatic carbocycles. The second kappa shape index (κ2) is 10.1. The zero-order valence-electron chi connectivity index (χ0n) is 14.9. The maximum absolute atomic E-state index is 11.8. The van der Waals surface area contributed by atoms with Gasteiger partial charge in [0.25, 0.3) is 0 Å². The van der Waals surface area contributed by atoms with Crippen LogP contribution in [0.4, 0.5) is 0 Å². The van der Waals surface area contributed by atoms with Gasteiger partial charge < -0.3 is 15.4 Å². The maximum atomic E-state index is 11.8. The van der Waals surface area contributed by atoms with Crippen LogP contribution < -0.4 is 15.4 Å². The van der Waals surface area contributed by atoms with Crippen LogP contribution in [-0.2, 0) is 16.4 Å². The van der Waals surface area contributed by atoms with Crippen molar-refractivity contribution >= 4 is 39.8 Å². The number of hydrogen-bond acceptors (Lipinski definition) is 4. The molecule has 0 amide bonds. The third-order valence-corrected chi connectivity index (χ3v) is 5.76. The molecular weight excluding hydrogens is 441 g/mol. The van der Waals surface area contributed by atoms with Crippen LogP contribution in [0.3, 0.4) is 0 Å². The van der Waals surface area contributed by atoms with Crippen molar-refractivity contribution < 1.29 is 13.2 Å². The molecule has 8 heteroatoms. The molecule has 0 fully saturated rings. The molecule has 0 unspecified atom stereocenters. The molecule has 6 nitrogen and oxygen atoms in total. The molecule has 0 aliphatic carbocycles. The van der Waals surface area contributed by atoms with E-state index in [0.29, 0.717) is 25.6 Å². The van der Waals surface area contributed by atoms with E-state index in [1.54, 1.807) is 21.0 Å². The van der Waals surface area contributed by atoms with E-state index >= 15 is 0 Å². The summed E-state index contributed by atoms with van der Waals surface area (Å²) in [5.74, 6) is 1.40. The average molecular weight is 469 g/mol. The molecule has 0 aliphatic rings. The van der Waals surface area contributed by atoms with Gasteiger partial charge in [-0.15, -0.1) is 24.0 Å². The smallest absolute Gasteiger partial charge is 0.191 e. The van der Waals surface area contributed by atoms with Crippen LogP contribution in [0.1, 0.15) is 26.3 Å². The molecule has 0 bridgehead atoms. The van der Waals surface area contributed by atoms with Gasteiger partial charge in [-0.2, -0.15) is 0 Å². The van der Waals surface area contributed by atoms with Crippen molar-refractivity contribution in [3.63, 3.8) is 0 Å². The first-order valence-corrected chi connectivity index (χ1v) is 9.43. The molecule has 0 aliphatic heterocycles. The third kappa shape index (κ3) is 7.25. The highest BCUT2D eigenvalue weighted by atomic mass is 127. The average Bonchev–Trinajstić information content (AvgIpc) is 2.49. The molecule has 0 saturated carbocycles. The predicted octanol–water partition coefficient (Wildman–Crippen LogP) is 2.19. The first-order chi connectivity index (χ1) is 10.7. The zero-order valence-corrected chi connectivity index (χ0v) is 18.1. The SMILES string of the molecule is CCNC(=NCc1ccc(OC)cc1)NCC(C)(C)S(C)(=O)=O.I. The Labute approximate surface area is 162 Å². The van der Waals surface area contributed by atoms with Crippen molar-refractivity contribution in [1.82, 2.24) is 10.6 Å². The van der Waals surface area contributed by atoms with Crippen molar-refractivity contribution in [3.05, 3.63) is 29.8 Å². The molecule has 1 rings (SSSR count). The number of nitrogens with one attached hydrogen (secondary N) is 2. The van der Waals surface area contributed by atoms with Crippen LogP contribution in [0.15, 0.2) is 29.3 Å². The fraction of sp³-hybridized carbons (Fsp3) is 0.562. The van der Waals surface area contributed by atoms with Crippen LogP contribution in [0, 0.1) is 0 Å². The van der Waals surface area contributed by atoms with Gasteiger partial charge in [0, 0.05) is 19.3 Å².